The van der Waals surface area contributed by atoms with Crippen molar-refractivity contribution in [2.75, 3.05) is 6.73 Å². The number of nitrogens with zero attached hydrogens (tertiary/aromatic N) is 1. The molecule has 1 rings (SSSR count). The molecule has 11 heavy (non-hydrogen) atoms. The molecule has 0 spiro atoms. The van der Waals surface area contributed by atoms with Crippen LogP contribution in [0.2, 0.25) is 0 Å². The van der Waals surface area contributed by atoms with E-state index in [2.05, 4.69) is 4.99 Å². The van der Waals surface area contributed by atoms with Gasteiger partial charge in [-0.15, -0.1) is 0 Å². The Morgan fingerprint density at radius 3 is 2.55 bits per heavy atom. The van der Waals surface area contributed by atoms with Crippen molar-refractivity contribution in [2.45, 2.75) is 6.92 Å². The Kier molecular flexibility index (Phi) is 2.81. The largest absolute Gasteiger partial charge is 0.375 e. The maximum absolute atomic E-state index is 8.51. The molecule has 0 fully saturated rings. The van der Waals surface area contributed by atoms with Crippen LogP contribution in [-0.2, 0) is 0 Å². The Hall–Kier alpha value is -1.15. The van der Waals surface area contributed by atoms with Crippen LogP contribution in [0.4, 0.5) is 0 Å². The number of aliphatic imine (C=N–C) groups is 1. The third-order valence-corrected chi connectivity index (χ3v) is 1.50. The molecule has 0 heterocycles. The van der Waals surface area contributed by atoms with Gasteiger partial charge in [-0.3, -0.25) is 4.99 Å². The van der Waals surface area contributed by atoms with Crippen LogP contribution in [0, 0.1) is 0 Å². The summed E-state index contributed by atoms with van der Waals surface area (Å²) >= 11 is 0. The molecule has 0 bridgehead atoms. The van der Waals surface area contributed by atoms with E-state index in [0.717, 1.165) is 11.3 Å². The van der Waals surface area contributed by atoms with E-state index in [0.29, 0.717) is 0 Å². The highest BCUT2D eigenvalue weighted by Gasteiger charge is 1.92. The highest BCUT2D eigenvalue weighted by atomic mass is 16.3. The van der Waals surface area contributed by atoms with E-state index in [-0.39, 0.29) is 6.73 Å². The molecular formula is C9H11NO. The number of hydrogen-bond acceptors (Lipinski definition) is 2. The Morgan fingerprint density at radius 1 is 1.36 bits per heavy atom. The van der Waals surface area contributed by atoms with E-state index in [1.807, 2.05) is 37.3 Å². The van der Waals surface area contributed by atoms with Gasteiger partial charge in [0.15, 0.2) is 0 Å². The van der Waals surface area contributed by atoms with Gasteiger partial charge in [-0.1, -0.05) is 30.3 Å². The molecule has 0 aliphatic rings. The van der Waals surface area contributed by atoms with Crippen molar-refractivity contribution in [1.82, 2.24) is 0 Å². The monoisotopic (exact) mass is 149 g/mol. The molecule has 0 saturated carbocycles. The van der Waals surface area contributed by atoms with Gasteiger partial charge in [-0.2, -0.15) is 0 Å². The van der Waals surface area contributed by atoms with Crippen molar-refractivity contribution in [3.63, 3.8) is 0 Å². The van der Waals surface area contributed by atoms with Gasteiger partial charge < -0.3 is 5.11 Å². The quantitative estimate of drug-likeness (QED) is 0.634. The summed E-state index contributed by atoms with van der Waals surface area (Å²) in [5.41, 5.74) is 1.93. The predicted octanol–water partition coefficient (Wildman–Crippen LogP) is 1.45. The molecule has 0 aliphatic carbocycles. The number of benzene rings is 1. The molecule has 0 saturated heterocycles. The van der Waals surface area contributed by atoms with Crippen LogP contribution < -0.4 is 0 Å². The van der Waals surface area contributed by atoms with E-state index in [4.69, 9.17) is 5.11 Å². The molecule has 0 unspecified atom stereocenters. The Labute approximate surface area is 66.2 Å². The third kappa shape index (κ3) is 2.16. The Bertz CT molecular complexity index is 241. The minimum absolute atomic E-state index is 0.138. The first kappa shape index (κ1) is 7.95. The second-order valence-corrected chi connectivity index (χ2v) is 2.25. The van der Waals surface area contributed by atoms with E-state index < -0.39 is 0 Å². The van der Waals surface area contributed by atoms with Crippen LogP contribution in [0.25, 0.3) is 0 Å². The molecular weight excluding hydrogens is 138 g/mol. The zero-order valence-corrected chi connectivity index (χ0v) is 6.49. The lowest BCUT2D eigenvalue weighted by Crippen LogP contribution is -1.94. The van der Waals surface area contributed by atoms with Crippen LogP contribution in [0.3, 0.4) is 0 Å². The van der Waals surface area contributed by atoms with Crippen LogP contribution in [-0.4, -0.2) is 17.5 Å². The van der Waals surface area contributed by atoms with Gasteiger partial charge in [0.1, 0.15) is 6.73 Å². The van der Waals surface area contributed by atoms with Crippen molar-refractivity contribution in [2.24, 2.45) is 4.99 Å². The summed E-state index contributed by atoms with van der Waals surface area (Å²) in [7, 11) is 0. The zero-order chi connectivity index (χ0) is 8.10. The lowest BCUT2D eigenvalue weighted by molar-refractivity contribution is 0.309. The fraction of sp³-hybridized carbons (Fsp3) is 0.222. The van der Waals surface area contributed by atoms with Gasteiger partial charge in [0.05, 0.1) is 0 Å². The van der Waals surface area contributed by atoms with Gasteiger partial charge in [-0.05, 0) is 12.5 Å². The molecule has 2 heteroatoms. The SMILES string of the molecule is CC(=NCO)c1ccccc1. The van der Waals surface area contributed by atoms with Gasteiger partial charge in [0.25, 0.3) is 0 Å². The molecule has 0 aliphatic heterocycles. The number of aliphatic hydroxyl groups is 1. The summed E-state index contributed by atoms with van der Waals surface area (Å²) in [5.74, 6) is 0. The summed E-state index contributed by atoms with van der Waals surface area (Å²) in [6, 6.07) is 9.79. The molecule has 0 aromatic heterocycles. The molecule has 58 valence electrons. The fourth-order valence-electron chi connectivity index (χ4n) is 0.877. The van der Waals surface area contributed by atoms with Crippen LogP contribution in [0.15, 0.2) is 35.3 Å². The summed E-state index contributed by atoms with van der Waals surface area (Å²) in [4.78, 5) is 3.87. The maximum Gasteiger partial charge on any atom is 0.134 e. The molecule has 1 aromatic rings. The van der Waals surface area contributed by atoms with Crippen LogP contribution in [0.1, 0.15) is 12.5 Å². The number of hydrogen-bond donors (Lipinski definition) is 1. The van der Waals surface area contributed by atoms with E-state index in [1.165, 1.54) is 0 Å². The van der Waals surface area contributed by atoms with Crippen molar-refractivity contribution < 1.29 is 5.11 Å². The molecule has 1 aromatic carbocycles. The number of aliphatic hydroxyl groups excluding tert-OH is 1. The first-order valence-corrected chi connectivity index (χ1v) is 3.52. The zero-order valence-electron chi connectivity index (χ0n) is 6.49. The predicted molar refractivity (Wildman–Crippen MR) is 45.7 cm³/mol. The standard InChI is InChI=1S/C9H11NO/c1-8(10-7-11)9-5-3-2-4-6-9/h2-6,11H,7H2,1H3. The van der Waals surface area contributed by atoms with Gasteiger partial charge in [0, 0.05) is 5.71 Å². The summed E-state index contributed by atoms with van der Waals surface area (Å²) < 4.78 is 0. The van der Waals surface area contributed by atoms with Crippen LogP contribution >= 0.6 is 0 Å². The fourth-order valence-corrected chi connectivity index (χ4v) is 0.877. The second kappa shape index (κ2) is 3.88. The normalized spacial score (nSPS) is 11.6. The summed E-state index contributed by atoms with van der Waals surface area (Å²) in [6.45, 7) is 1.74. The lowest BCUT2D eigenvalue weighted by atomic mass is 10.1. The molecule has 2 nitrogen and oxygen atoms in total. The molecule has 0 atom stereocenters. The van der Waals surface area contributed by atoms with Gasteiger partial charge >= 0.3 is 0 Å². The Balaban J connectivity index is 2.85. The summed E-state index contributed by atoms with van der Waals surface area (Å²) in [5, 5.41) is 8.51. The van der Waals surface area contributed by atoms with Crippen molar-refractivity contribution in [1.29, 1.82) is 0 Å². The summed E-state index contributed by atoms with van der Waals surface area (Å²) in [6.07, 6.45) is 0. The van der Waals surface area contributed by atoms with E-state index in [9.17, 15) is 0 Å². The molecule has 1 N–H and O–H groups in total. The number of rotatable bonds is 2. The van der Waals surface area contributed by atoms with Crippen molar-refractivity contribution >= 4 is 5.71 Å². The maximum atomic E-state index is 8.51. The van der Waals surface area contributed by atoms with E-state index >= 15 is 0 Å². The Morgan fingerprint density at radius 2 is 2.00 bits per heavy atom. The first-order chi connectivity index (χ1) is 5.34. The van der Waals surface area contributed by atoms with Crippen LogP contribution in [0.5, 0.6) is 0 Å². The van der Waals surface area contributed by atoms with Gasteiger partial charge in [0.2, 0.25) is 0 Å². The minimum atomic E-state index is -0.138. The topological polar surface area (TPSA) is 32.6 Å². The highest BCUT2D eigenvalue weighted by Crippen LogP contribution is 1.99. The average molecular weight is 149 g/mol. The molecule has 0 radical (unpaired) electrons. The minimum Gasteiger partial charge on any atom is -0.375 e. The van der Waals surface area contributed by atoms with Crippen molar-refractivity contribution in [3.05, 3.63) is 35.9 Å². The lowest BCUT2D eigenvalue weighted by Gasteiger charge is -1.97. The van der Waals surface area contributed by atoms with Gasteiger partial charge in [-0.25, -0.2) is 0 Å². The second-order valence-electron chi connectivity index (χ2n) is 2.25. The smallest absolute Gasteiger partial charge is 0.134 e. The first-order valence-electron chi connectivity index (χ1n) is 3.52. The third-order valence-electron chi connectivity index (χ3n) is 1.50. The van der Waals surface area contributed by atoms with Crippen molar-refractivity contribution in [3.8, 4) is 0 Å². The average Bonchev–Trinajstić information content (AvgIpc) is 2.07. The van der Waals surface area contributed by atoms with E-state index in [1.54, 1.807) is 0 Å². The highest BCUT2D eigenvalue weighted by molar-refractivity contribution is 5.98. The molecule has 0 amide bonds.